The van der Waals surface area contributed by atoms with Crippen LogP contribution in [0.4, 0.5) is 4.39 Å². The molecule has 2 heterocycles. The summed E-state index contributed by atoms with van der Waals surface area (Å²) in [4.78, 5) is 28.9. The van der Waals surface area contributed by atoms with Crippen LogP contribution in [0.25, 0.3) is 0 Å². The predicted octanol–water partition coefficient (Wildman–Crippen LogP) is 3.80. The van der Waals surface area contributed by atoms with Crippen LogP contribution in [0.15, 0.2) is 54.6 Å². The summed E-state index contributed by atoms with van der Waals surface area (Å²) < 4.78 is 13.9. The van der Waals surface area contributed by atoms with Gasteiger partial charge in [-0.1, -0.05) is 48.5 Å². The van der Waals surface area contributed by atoms with Gasteiger partial charge in [0.15, 0.2) is 0 Å². The summed E-state index contributed by atoms with van der Waals surface area (Å²) in [5.74, 6) is -0.118. The van der Waals surface area contributed by atoms with Crippen molar-refractivity contribution in [2.24, 2.45) is 5.41 Å². The first-order chi connectivity index (χ1) is 14.0. The maximum absolute atomic E-state index is 13.9. The number of benzene rings is 2. The molecule has 2 aromatic rings. The third-order valence-electron chi connectivity index (χ3n) is 6.44. The summed E-state index contributed by atoms with van der Waals surface area (Å²) >= 11 is 0. The zero-order chi connectivity index (χ0) is 20.3. The minimum Gasteiger partial charge on any atom is -0.342 e. The van der Waals surface area contributed by atoms with Gasteiger partial charge in [0.05, 0.1) is 6.42 Å². The van der Waals surface area contributed by atoms with E-state index in [0.29, 0.717) is 31.6 Å². The van der Waals surface area contributed by atoms with E-state index in [0.717, 1.165) is 31.4 Å². The lowest BCUT2D eigenvalue weighted by molar-refractivity contribution is -0.143. The molecule has 4 rings (SSSR count). The summed E-state index contributed by atoms with van der Waals surface area (Å²) in [6.07, 6.45) is 3.38. The molecule has 5 heteroatoms. The Hall–Kier alpha value is -2.69. The van der Waals surface area contributed by atoms with Crippen molar-refractivity contribution in [1.29, 1.82) is 0 Å². The van der Waals surface area contributed by atoms with Crippen molar-refractivity contribution in [3.05, 3.63) is 71.5 Å². The highest BCUT2D eigenvalue weighted by Crippen LogP contribution is 2.40. The monoisotopic (exact) mass is 394 g/mol. The van der Waals surface area contributed by atoms with Crippen molar-refractivity contribution in [1.82, 2.24) is 9.80 Å². The van der Waals surface area contributed by atoms with Crippen LogP contribution in [-0.2, 0) is 22.6 Å². The Morgan fingerprint density at radius 3 is 2.38 bits per heavy atom. The lowest BCUT2D eigenvalue weighted by atomic mass is 9.72. The number of amides is 2. The fourth-order valence-corrected chi connectivity index (χ4v) is 4.61. The van der Waals surface area contributed by atoms with Gasteiger partial charge in [-0.2, -0.15) is 0 Å². The van der Waals surface area contributed by atoms with Gasteiger partial charge in [-0.25, -0.2) is 4.39 Å². The van der Waals surface area contributed by atoms with Crippen molar-refractivity contribution in [3.63, 3.8) is 0 Å². The topological polar surface area (TPSA) is 40.6 Å². The van der Waals surface area contributed by atoms with Gasteiger partial charge in [0, 0.05) is 32.6 Å². The molecule has 0 aromatic heterocycles. The van der Waals surface area contributed by atoms with Crippen LogP contribution >= 0.6 is 0 Å². The standard InChI is InChI=1S/C24H27FN2O2/c25-21-9-5-4-8-20(21)16-23(29)26-14-12-24(13-15-26)11-10-22(28)27(18-24)17-19-6-2-1-3-7-19/h1-9H,10-18H2. The summed E-state index contributed by atoms with van der Waals surface area (Å²) in [5, 5.41) is 0. The van der Waals surface area contributed by atoms with E-state index < -0.39 is 0 Å². The molecular formula is C24H27FN2O2. The van der Waals surface area contributed by atoms with E-state index in [9.17, 15) is 14.0 Å². The van der Waals surface area contributed by atoms with Gasteiger partial charge in [0.1, 0.15) is 5.82 Å². The number of likely N-dealkylation sites (tertiary alicyclic amines) is 2. The molecule has 2 aromatic carbocycles. The molecule has 0 N–H and O–H groups in total. The fourth-order valence-electron chi connectivity index (χ4n) is 4.61. The van der Waals surface area contributed by atoms with Crippen molar-refractivity contribution < 1.29 is 14.0 Å². The first-order valence-electron chi connectivity index (χ1n) is 10.4. The molecular weight excluding hydrogens is 367 g/mol. The molecule has 0 atom stereocenters. The molecule has 2 aliphatic rings. The minimum atomic E-state index is -0.323. The molecule has 2 amide bonds. The molecule has 0 radical (unpaired) electrons. The van der Waals surface area contributed by atoms with E-state index in [1.807, 2.05) is 28.0 Å². The second-order valence-electron chi connectivity index (χ2n) is 8.38. The van der Waals surface area contributed by atoms with Crippen LogP contribution in [0.2, 0.25) is 0 Å². The predicted molar refractivity (Wildman–Crippen MR) is 109 cm³/mol. The highest BCUT2D eigenvalue weighted by molar-refractivity contribution is 5.79. The Morgan fingerprint density at radius 2 is 1.66 bits per heavy atom. The van der Waals surface area contributed by atoms with Crippen molar-refractivity contribution in [3.8, 4) is 0 Å². The number of rotatable bonds is 4. The normalized spacial score (nSPS) is 18.9. The zero-order valence-electron chi connectivity index (χ0n) is 16.6. The molecule has 29 heavy (non-hydrogen) atoms. The van der Waals surface area contributed by atoms with Gasteiger partial charge in [-0.3, -0.25) is 9.59 Å². The van der Waals surface area contributed by atoms with Crippen LogP contribution in [0.1, 0.15) is 36.8 Å². The number of hydrogen-bond acceptors (Lipinski definition) is 2. The smallest absolute Gasteiger partial charge is 0.227 e. The van der Waals surface area contributed by atoms with Crippen LogP contribution in [0.5, 0.6) is 0 Å². The minimum absolute atomic E-state index is 0.0158. The van der Waals surface area contributed by atoms with E-state index in [1.165, 1.54) is 6.07 Å². The van der Waals surface area contributed by atoms with Crippen molar-refractivity contribution >= 4 is 11.8 Å². The molecule has 0 saturated carbocycles. The second kappa shape index (κ2) is 8.36. The molecule has 0 aliphatic carbocycles. The van der Waals surface area contributed by atoms with Gasteiger partial charge in [0.2, 0.25) is 11.8 Å². The van der Waals surface area contributed by atoms with Crippen LogP contribution in [0.3, 0.4) is 0 Å². The maximum Gasteiger partial charge on any atom is 0.227 e. The fraction of sp³-hybridized carbons (Fsp3) is 0.417. The average Bonchev–Trinajstić information content (AvgIpc) is 2.74. The summed E-state index contributed by atoms with van der Waals surface area (Å²) in [6.45, 7) is 2.77. The van der Waals surface area contributed by atoms with Gasteiger partial charge >= 0.3 is 0 Å². The number of piperidine rings is 2. The quantitative estimate of drug-likeness (QED) is 0.791. The second-order valence-corrected chi connectivity index (χ2v) is 8.38. The highest BCUT2D eigenvalue weighted by Gasteiger charge is 2.41. The number of halogens is 1. The lowest BCUT2D eigenvalue weighted by Crippen LogP contribution is -2.52. The van der Waals surface area contributed by atoms with E-state index in [-0.39, 0.29) is 29.5 Å². The summed E-state index contributed by atoms with van der Waals surface area (Å²) in [5.41, 5.74) is 1.70. The SMILES string of the molecule is O=C(Cc1ccccc1F)N1CCC2(CCC(=O)N(Cc3ccccc3)C2)CC1. The Bertz CT molecular complexity index is 875. The van der Waals surface area contributed by atoms with Gasteiger partial charge < -0.3 is 9.80 Å². The number of hydrogen-bond donors (Lipinski definition) is 0. The van der Waals surface area contributed by atoms with Crippen LogP contribution in [0, 0.1) is 11.2 Å². The van der Waals surface area contributed by atoms with Gasteiger partial charge in [0.25, 0.3) is 0 Å². The van der Waals surface area contributed by atoms with Gasteiger partial charge in [-0.15, -0.1) is 0 Å². The molecule has 2 fully saturated rings. The maximum atomic E-state index is 13.9. The highest BCUT2D eigenvalue weighted by atomic mass is 19.1. The van der Waals surface area contributed by atoms with Crippen LogP contribution < -0.4 is 0 Å². The van der Waals surface area contributed by atoms with Crippen molar-refractivity contribution in [2.75, 3.05) is 19.6 Å². The van der Waals surface area contributed by atoms with Gasteiger partial charge in [-0.05, 0) is 41.9 Å². The van der Waals surface area contributed by atoms with E-state index >= 15 is 0 Å². The summed E-state index contributed by atoms with van der Waals surface area (Å²) in [6, 6.07) is 16.6. The Morgan fingerprint density at radius 1 is 0.966 bits per heavy atom. The third kappa shape index (κ3) is 4.50. The molecule has 0 unspecified atom stereocenters. The molecule has 1 spiro atoms. The van der Waals surface area contributed by atoms with Crippen molar-refractivity contribution in [2.45, 2.75) is 38.6 Å². The van der Waals surface area contributed by atoms with E-state index in [4.69, 9.17) is 0 Å². The average molecular weight is 394 g/mol. The Labute approximate surface area is 171 Å². The number of nitrogens with zero attached hydrogens (tertiary/aromatic N) is 2. The molecule has 0 bridgehead atoms. The van der Waals surface area contributed by atoms with Crippen LogP contribution in [-0.4, -0.2) is 41.2 Å². The molecule has 2 saturated heterocycles. The summed E-state index contributed by atoms with van der Waals surface area (Å²) in [7, 11) is 0. The Kier molecular flexibility index (Phi) is 5.65. The number of carbonyl (C=O) groups is 2. The Balaban J connectivity index is 1.36. The first-order valence-corrected chi connectivity index (χ1v) is 10.4. The molecule has 4 nitrogen and oxygen atoms in total. The lowest BCUT2D eigenvalue weighted by Gasteiger charge is -2.47. The van der Waals surface area contributed by atoms with E-state index in [2.05, 4.69) is 12.1 Å². The third-order valence-corrected chi connectivity index (χ3v) is 6.44. The largest absolute Gasteiger partial charge is 0.342 e. The van der Waals surface area contributed by atoms with E-state index in [1.54, 1.807) is 18.2 Å². The first kappa shape index (κ1) is 19.6. The zero-order valence-corrected chi connectivity index (χ0v) is 16.6. The number of carbonyl (C=O) groups excluding carboxylic acids is 2. The molecule has 152 valence electrons. The molecule has 2 aliphatic heterocycles.